The number of benzene rings is 1. The molecule has 0 atom stereocenters. The van der Waals surface area contributed by atoms with Gasteiger partial charge in [0.25, 0.3) is 5.56 Å². The van der Waals surface area contributed by atoms with Gasteiger partial charge in [-0.15, -0.1) is 11.3 Å². The van der Waals surface area contributed by atoms with Gasteiger partial charge in [0.05, 0.1) is 18.1 Å². The summed E-state index contributed by atoms with van der Waals surface area (Å²) in [6, 6.07) is 8.69. The zero-order valence-electron chi connectivity index (χ0n) is 15.7. The lowest BCUT2D eigenvalue weighted by atomic mass is 10.1. The van der Waals surface area contributed by atoms with Crippen LogP contribution in [0.5, 0.6) is 0 Å². The number of carbonyl (C=O) groups excluding carboxylic acids is 1. The fraction of sp³-hybridized carbons (Fsp3) is 0.238. The molecule has 0 N–H and O–H groups in total. The van der Waals surface area contributed by atoms with Crippen molar-refractivity contribution in [2.45, 2.75) is 32.9 Å². The topological polar surface area (TPSA) is 91.4 Å². The summed E-state index contributed by atoms with van der Waals surface area (Å²) in [5, 5.41) is 3.08. The zero-order valence-corrected chi connectivity index (χ0v) is 16.5. The maximum atomic E-state index is 12.3. The van der Waals surface area contributed by atoms with Crippen LogP contribution in [0.3, 0.4) is 0 Å². The number of ether oxygens (including phenoxy) is 1. The van der Waals surface area contributed by atoms with Gasteiger partial charge in [0.15, 0.2) is 0 Å². The molecule has 0 saturated heterocycles. The molecule has 148 valence electrons. The summed E-state index contributed by atoms with van der Waals surface area (Å²) in [6.07, 6.45) is 2.29. The van der Waals surface area contributed by atoms with Crippen molar-refractivity contribution in [3.63, 3.8) is 0 Å². The normalized spacial score (nSPS) is 11.2. The molecule has 0 saturated carbocycles. The molecule has 3 aromatic heterocycles. The highest BCUT2D eigenvalue weighted by Gasteiger charge is 2.11. The Kier molecular flexibility index (Phi) is 5.26. The number of esters is 1. The van der Waals surface area contributed by atoms with E-state index >= 15 is 0 Å². The Labute approximate surface area is 169 Å². The average Bonchev–Trinajstić information content (AvgIpc) is 3.20. The van der Waals surface area contributed by atoms with Crippen molar-refractivity contribution in [3.05, 3.63) is 73.9 Å². The van der Waals surface area contributed by atoms with Gasteiger partial charge in [-0.1, -0.05) is 19.1 Å². The van der Waals surface area contributed by atoms with Crippen LogP contribution >= 0.6 is 11.3 Å². The van der Waals surface area contributed by atoms with E-state index in [1.807, 2.05) is 30.5 Å². The number of fused-ring (bicyclic) bond motifs is 2. The average molecular weight is 410 g/mol. The van der Waals surface area contributed by atoms with Crippen LogP contribution in [0.1, 0.15) is 24.5 Å². The first kappa shape index (κ1) is 19.1. The number of carbonyl (C=O) groups is 1. The molecule has 1 aromatic carbocycles. The Morgan fingerprint density at radius 1 is 1.21 bits per heavy atom. The predicted octanol–water partition coefficient (Wildman–Crippen LogP) is 3.26. The Morgan fingerprint density at radius 3 is 2.90 bits per heavy atom. The van der Waals surface area contributed by atoms with Gasteiger partial charge in [0.2, 0.25) is 0 Å². The second-order valence-electron chi connectivity index (χ2n) is 6.57. The molecule has 0 aliphatic heterocycles. The van der Waals surface area contributed by atoms with Gasteiger partial charge < -0.3 is 9.15 Å². The van der Waals surface area contributed by atoms with Gasteiger partial charge >= 0.3 is 11.6 Å². The first-order chi connectivity index (χ1) is 14.0. The third-order valence-electron chi connectivity index (χ3n) is 4.70. The van der Waals surface area contributed by atoms with E-state index in [9.17, 15) is 14.4 Å². The van der Waals surface area contributed by atoms with Crippen LogP contribution in [0, 0.1) is 0 Å². The molecule has 7 nitrogen and oxygen atoms in total. The number of hydrogen-bond donors (Lipinski definition) is 0. The van der Waals surface area contributed by atoms with Crippen LogP contribution in [0.25, 0.3) is 21.2 Å². The fourth-order valence-corrected chi connectivity index (χ4v) is 3.83. The third-order valence-corrected chi connectivity index (χ3v) is 5.52. The Hall–Kier alpha value is -3.26. The van der Waals surface area contributed by atoms with Crippen LogP contribution in [-0.2, 0) is 29.1 Å². The van der Waals surface area contributed by atoms with Gasteiger partial charge in [0.1, 0.15) is 17.0 Å². The highest BCUT2D eigenvalue weighted by atomic mass is 32.1. The van der Waals surface area contributed by atoms with E-state index in [0.717, 1.165) is 17.4 Å². The largest absolute Gasteiger partial charge is 0.461 e. The molecule has 29 heavy (non-hydrogen) atoms. The van der Waals surface area contributed by atoms with Crippen LogP contribution < -0.4 is 11.2 Å². The maximum absolute atomic E-state index is 12.3. The lowest BCUT2D eigenvalue weighted by molar-refractivity contribution is -0.145. The number of rotatable bonds is 6. The number of aromatic nitrogens is 2. The molecular formula is C21H18N2O5S. The fourth-order valence-electron chi connectivity index (χ4n) is 3.11. The van der Waals surface area contributed by atoms with Crippen molar-refractivity contribution in [1.82, 2.24) is 9.55 Å². The highest BCUT2D eigenvalue weighted by molar-refractivity contribution is 7.16. The third kappa shape index (κ3) is 3.97. The molecule has 0 bridgehead atoms. The number of thiophene rings is 1. The van der Waals surface area contributed by atoms with E-state index in [4.69, 9.17) is 9.15 Å². The highest BCUT2D eigenvalue weighted by Crippen LogP contribution is 2.20. The second-order valence-corrected chi connectivity index (χ2v) is 7.46. The standard InChI is InChI=1S/C21H18N2O5S/c1-2-13-3-4-15-14(10-19(25)28-17(15)9-13)11-27-18(24)5-7-23-12-22-20-16(21(23)26)6-8-29-20/h3-4,6,8-10,12H,2,5,7,11H2,1H3. The van der Waals surface area contributed by atoms with E-state index in [0.29, 0.717) is 21.4 Å². The summed E-state index contributed by atoms with van der Waals surface area (Å²) in [7, 11) is 0. The monoisotopic (exact) mass is 410 g/mol. The molecule has 0 aliphatic rings. The first-order valence-corrected chi connectivity index (χ1v) is 10.1. The van der Waals surface area contributed by atoms with E-state index in [-0.39, 0.29) is 25.1 Å². The lowest BCUT2D eigenvalue weighted by Crippen LogP contribution is -2.22. The van der Waals surface area contributed by atoms with Crippen LogP contribution in [0.4, 0.5) is 0 Å². The molecule has 4 aromatic rings. The molecular weight excluding hydrogens is 392 g/mol. The number of aryl methyl sites for hydroxylation is 2. The summed E-state index contributed by atoms with van der Waals surface area (Å²) in [6.45, 7) is 2.15. The van der Waals surface area contributed by atoms with Crippen molar-refractivity contribution in [2.24, 2.45) is 0 Å². The van der Waals surface area contributed by atoms with Crippen molar-refractivity contribution < 1.29 is 13.9 Å². The van der Waals surface area contributed by atoms with Gasteiger partial charge in [-0.25, -0.2) is 9.78 Å². The minimum atomic E-state index is -0.488. The molecule has 0 amide bonds. The summed E-state index contributed by atoms with van der Waals surface area (Å²) in [5.41, 5.74) is 1.45. The second kappa shape index (κ2) is 8.00. The smallest absolute Gasteiger partial charge is 0.336 e. The summed E-state index contributed by atoms with van der Waals surface area (Å²) < 4.78 is 12.0. The van der Waals surface area contributed by atoms with E-state index in [1.165, 1.54) is 28.3 Å². The lowest BCUT2D eigenvalue weighted by Gasteiger charge is -2.09. The summed E-state index contributed by atoms with van der Waals surface area (Å²) in [5.74, 6) is -0.464. The van der Waals surface area contributed by atoms with E-state index in [1.54, 1.807) is 6.07 Å². The van der Waals surface area contributed by atoms with E-state index < -0.39 is 11.6 Å². The van der Waals surface area contributed by atoms with Crippen molar-refractivity contribution in [3.8, 4) is 0 Å². The number of nitrogens with zero attached hydrogens (tertiary/aromatic N) is 2. The summed E-state index contributed by atoms with van der Waals surface area (Å²) in [4.78, 5) is 41.3. The Bertz CT molecular complexity index is 1320. The molecule has 8 heteroatoms. The number of hydrogen-bond acceptors (Lipinski definition) is 7. The maximum Gasteiger partial charge on any atom is 0.336 e. The predicted molar refractivity (Wildman–Crippen MR) is 110 cm³/mol. The SMILES string of the molecule is CCc1ccc2c(COC(=O)CCn3cnc4sccc4c3=O)cc(=O)oc2c1. The first-order valence-electron chi connectivity index (χ1n) is 9.19. The van der Waals surface area contributed by atoms with Crippen molar-refractivity contribution in [2.75, 3.05) is 0 Å². The van der Waals surface area contributed by atoms with Crippen LogP contribution in [-0.4, -0.2) is 15.5 Å². The molecule has 0 unspecified atom stereocenters. The van der Waals surface area contributed by atoms with Gasteiger partial charge in [-0.05, 0) is 29.5 Å². The Balaban J connectivity index is 1.45. The molecule has 0 spiro atoms. The molecule has 3 heterocycles. The minimum Gasteiger partial charge on any atom is -0.461 e. The molecule has 0 fully saturated rings. The van der Waals surface area contributed by atoms with Crippen molar-refractivity contribution >= 4 is 38.5 Å². The van der Waals surface area contributed by atoms with Gasteiger partial charge in [-0.3, -0.25) is 14.2 Å². The van der Waals surface area contributed by atoms with Crippen molar-refractivity contribution in [1.29, 1.82) is 0 Å². The summed E-state index contributed by atoms with van der Waals surface area (Å²) >= 11 is 1.40. The quantitative estimate of drug-likeness (QED) is 0.358. The van der Waals surface area contributed by atoms with E-state index in [2.05, 4.69) is 4.98 Å². The van der Waals surface area contributed by atoms with Gasteiger partial charge in [-0.2, -0.15) is 0 Å². The molecule has 0 radical (unpaired) electrons. The molecule has 0 aliphatic carbocycles. The minimum absolute atomic E-state index is 0.0244. The zero-order chi connectivity index (χ0) is 20.4. The van der Waals surface area contributed by atoms with Crippen LogP contribution in [0.2, 0.25) is 0 Å². The van der Waals surface area contributed by atoms with Crippen LogP contribution in [0.15, 0.2) is 56.0 Å². The molecule has 4 rings (SSSR count). The van der Waals surface area contributed by atoms with Gasteiger partial charge in [0, 0.05) is 23.6 Å². The Morgan fingerprint density at radius 2 is 2.07 bits per heavy atom.